The lowest BCUT2D eigenvalue weighted by atomic mass is 10.2. The highest BCUT2D eigenvalue weighted by atomic mass is 16.5. The first-order valence-corrected chi connectivity index (χ1v) is 4.49. The van der Waals surface area contributed by atoms with E-state index >= 15 is 0 Å². The first-order valence-electron chi connectivity index (χ1n) is 4.49. The summed E-state index contributed by atoms with van der Waals surface area (Å²) in [5, 5.41) is 0. The molecule has 0 aliphatic rings. The van der Waals surface area contributed by atoms with Gasteiger partial charge in [0.05, 0.1) is 6.10 Å². The van der Waals surface area contributed by atoms with Gasteiger partial charge < -0.3 is 4.74 Å². The van der Waals surface area contributed by atoms with Gasteiger partial charge in [0.1, 0.15) is 5.75 Å². The summed E-state index contributed by atoms with van der Waals surface area (Å²) in [6.07, 6.45) is 2.47. The molecule has 1 nitrogen and oxygen atoms in total. The molecule has 0 spiro atoms. The third-order valence-electron chi connectivity index (χ3n) is 1.89. The molecule has 0 aliphatic heterocycles. The fraction of sp³-hybridized carbons (Fsp3) is 0.455. The van der Waals surface area contributed by atoms with Crippen LogP contribution in [0.5, 0.6) is 5.75 Å². The molecule has 0 N–H and O–H groups in total. The first-order chi connectivity index (χ1) is 5.86. The fourth-order valence-corrected chi connectivity index (χ4v) is 1.10. The van der Waals surface area contributed by atoms with Crippen LogP contribution in [0.2, 0.25) is 0 Å². The van der Waals surface area contributed by atoms with Gasteiger partial charge in [-0.2, -0.15) is 0 Å². The Hall–Kier alpha value is -0.980. The molecular formula is C11H15O. The van der Waals surface area contributed by atoms with Gasteiger partial charge in [-0.25, -0.2) is 0 Å². The van der Waals surface area contributed by atoms with Gasteiger partial charge in [0.25, 0.3) is 0 Å². The molecule has 0 atom stereocenters. The maximum atomic E-state index is 5.68. The Balaban J connectivity index is 2.51. The van der Waals surface area contributed by atoms with E-state index < -0.39 is 0 Å². The van der Waals surface area contributed by atoms with Crippen molar-refractivity contribution in [3.05, 3.63) is 30.3 Å². The van der Waals surface area contributed by atoms with Crippen molar-refractivity contribution in [1.29, 1.82) is 0 Å². The van der Waals surface area contributed by atoms with Crippen LogP contribution in [0.1, 0.15) is 26.7 Å². The molecule has 0 saturated heterocycles. The minimum Gasteiger partial charge on any atom is -0.490 e. The summed E-state index contributed by atoms with van der Waals surface area (Å²) in [5.41, 5.74) is 0. The Morgan fingerprint density at radius 2 is 2.17 bits per heavy atom. The maximum absolute atomic E-state index is 5.68. The largest absolute Gasteiger partial charge is 0.490 e. The molecule has 0 aromatic heterocycles. The van der Waals surface area contributed by atoms with Crippen LogP contribution in [-0.4, -0.2) is 6.10 Å². The van der Waals surface area contributed by atoms with Crippen molar-refractivity contribution in [2.45, 2.75) is 32.8 Å². The predicted octanol–water partition coefficient (Wildman–Crippen LogP) is 3.05. The van der Waals surface area contributed by atoms with E-state index in [-0.39, 0.29) is 0 Å². The maximum Gasteiger partial charge on any atom is 0.120 e. The van der Waals surface area contributed by atoms with E-state index in [4.69, 9.17) is 4.74 Å². The van der Waals surface area contributed by atoms with Crippen LogP contribution in [0.25, 0.3) is 0 Å². The van der Waals surface area contributed by atoms with Crippen molar-refractivity contribution in [2.75, 3.05) is 0 Å². The Morgan fingerprint density at radius 3 is 2.67 bits per heavy atom. The SMILES string of the molecule is CCC(CC)Oc1c[c]ccc1. The summed E-state index contributed by atoms with van der Waals surface area (Å²) in [5.74, 6) is 0.922. The molecule has 0 saturated carbocycles. The Morgan fingerprint density at radius 1 is 1.42 bits per heavy atom. The van der Waals surface area contributed by atoms with Crippen LogP contribution in [0, 0.1) is 6.07 Å². The van der Waals surface area contributed by atoms with Crippen molar-refractivity contribution in [3.63, 3.8) is 0 Å². The highest BCUT2D eigenvalue weighted by Gasteiger charge is 2.03. The standard InChI is InChI=1S/C11H15O/c1-3-10(4-2)12-11-8-6-5-7-9-11/h5-6,8-10H,3-4H2,1-2H3. The van der Waals surface area contributed by atoms with Crippen molar-refractivity contribution in [2.24, 2.45) is 0 Å². The normalized spacial score (nSPS) is 10.2. The van der Waals surface area contributed by atoms with E-state index in [9.17, 15) is 0 Å². The molecule has 12 heavy (non-hydrogen) atoms. The van der Waals surface area contributed by atoms with Crippen LogP contribution in [0.15, 0.2) is 24.3 Å². The molecule has 0 amide bonds. The second-order valence-electron chi connectivity index (χ2n) is 2.80. The molecule has 1 aromatic carbocycles. The predicted molar refractivity (Wildman–Crippen MR) is 50.3 cm³/mol. The quantitative estimate of drug-likeness (QED) is 0.662. The zero-order valence-electron chi connectivity index (χ0n) is 7.71. The fourth-order valence-electron chi connectivity index (χ4n) is 1.10. The van der Waals surface area contributed by atoms with Crippen LogP contribution in [-0.2, 0) is 0 Å². The van der Waals surface area contributed by atoms with Gasteiger partial charge in [-0.05, 0) is 31.0 Å². The molecule has 0 unspecified atom stereocenters. The number of benzene rings is 1. The summed E-state index contributed by atoms with van der Waals surface area (Å²) < 4.78 is 5.68. The van der Waals surface area contributed by atoms with Crippen LogP contribution >= 0.6 is 0 Å². The molecule has 0 bridgehead atoms. The number of rotatable bonds is 4. The summed E-state index contributed by atoms with van der Waals surface area (Å²) in [4.78, 5) is 0. The molecule has 0 aliphatic carbocycles. The topological polar surface area (TPSA) is 9.23 Å². The van der Waals surface area contributed by atoms with Gasteiger partial charge in [0, 0.05) is 0 Å². The molecular weight excluding hydrogens is 148 g/mol. The van der Waals surface area contributed by atoms with E-state index in [2.05, 4.69) is 19.9 Å². The second-order valence-corrected chi connectivity index (χ2v) is 2.80. The summed E-state index contributed by atoms with van der Waals surface area (Å²) in [7, 11) is 0. The van der Waals surface area contributed by atoms with E-state index in [1.165, 1.54) is 0 Å². The smallest absolute Gasteiger partial charge is 0.120 e. The molecule has 0 heterocycles. The number of ether oxygens (including phenoxy) is 1. The van der Waals surface area contributed by atoms with Crippen molar-refractivity contribution >= 4 is 0 Å². The zero-order valence-corrected chi connectivity index (χ0v) is 7.71. The summed E-state index contributed by atoms with van der Waals surface area (Å²) >= 11 is 0. The molecule has 1 heteroatoms. The molecule has 0 fully saturated rings. The van der Waals surface area contributed by atoms with Gasteiger partial charge in [-0.1, -0.05) is 26.0 Å². The van der Waals surface area contributed by atoms with Crippen LogP contribution in [0.4, 0.5) is 0 Å². The second kappa shape index (κ2) is 4.81. The molecule has 65 valence electrons. The molecule has 1 aromatic rings. The van der Waals surface area contributed by atoms with E-state index in [1.807, 2.05) is 24.3 Å². The van der Waals surface area contributed by atoms with Crippen molar-refractivity contribution < 1.29 is 4.74 Å². The first kappa shape index (κ1) is 9.11. The summed E-state index contributed by atoms with van der Waals surface area (Å²) in [6, 6.07) is 10.6. The zero-order chi connectivity index (χ0) is 8.81. The Kier molecular flexibility index (Phi) is 3.65. The number of hydrogen-bond acceptors (Lipinski definition) is 1. The lowest BCUT2D eigenvalue weighted by Crippen LogP contribution is -2.13. The third kappa shape index (κ3) is 2.57. The monoisotopic (exact) mass is 163 g/mol. The lowest BCUT2D eigenvalue weighted by Gasteiger charge is -2.14. The highest BCUT2D eigenvalue weighted by molar-refractivity contribution is 5.20. The Labute approximate surface area is 74.4 Å². The van der Waals surface area contributed by atoms with Crippen LogP contribution in [0.3, 0.4) is 0 Å². The average molecular weight is 163 g/mol. The van der Waals surface area contributed by atoms with E-state index in [1.54, 1.807) is 0 Å². The summed E-state index contributed by atoms with van der Waals surface area (Å²) in [6.45, 7) is 4.28. The van der Waals surface area contributed by atoms with Gasteiger partial charge >= 0.3 is 0 Å². The van der Waals surface area contributed by atoms with Crippen molar-refractivity contribution in [3.8, 4) is 5.75 Å². The van der Waals surface area contributed by atoms with E-state index in [0.29, 0.717) is 6.10 Å². The third-order valence-corrected chi connectivity index (χ3v) is 1.89. The highest BCUT2D eigenvalue weighted by Crippen LogP contribution is 2.13. The minimum atomic E-state index is 0.348. The van der Waals surface area contributed by atoms with Crippen molar-refractivity contribution in [1.82, 2.24) is 0 Å². The Bertz CT molecular complexity index is 202. The van der Waals surface area contributed by atoms with Crippen LogP contribution < -0.4 is 4.74 Å². The molecule has 1 rings (SSSR count). The van der Waals surface area contributed by atoms with Gasteiger partial charge in [0.2, 0.25) is 0 Å². The molecule has 1 radical (unpaired) electrons. The number of hydrogen-bond donors (Lipinski definition) is 0. The lowest BCUT2D eigenvalue weighted by molar-refractivity contribution is 0.193. The van der Waals surface area contributed by atoms with Gasteiger partial charge in [-0.3, -0.25) is 0 Å². The van der Waals surface area contributed by atoms with Gasteiger partial charge in [0.15, 0.2) is 0 Å². The van der Waals surface area contributed by atoms with E-state index in [0.717, 1.165) is 18.6 Å². The minimum absolute atomic E-state index is 0.348. The van der Waals surface area contributed by atoms with Gasteiger partial charge in [-0.15, -0.1) is 0 Å². The average Bonchev–Trinajstić information content (AvgIpc) is 2.16.